The molecule has 2 N–H and O–H groups in total. The Morgan fingerprint density at radius 2 is 2.06 bits per heavy atom. The van der Waals surface area contributed by atoms with Gasteiger partial charge in [0, 0.05) is 18.7 Å². The molecule has 2 heterocycles. The number of nitrogens with one attached hydrogen (secondary N) is 2. The lowest BCUT2D eigenvalue weighted by Gasteiger charge is -2.37. The number of hydrogen-bond donors (Lipinski definition) is 2. The van der Waals surface area contributed by atoms with E-state index in [1.165, 1.54) is 0 Å². The number of halogens is 1. The molecule has 0 saturated carbocycles. The van der Waals surface area contributed by atoms with Crippen molar-refractivity contribution >= 4 is 18.3 Å². The number of amides is 1. The molecule has 2 aliphatic rings. The van der Waals surface area contributed by atoms with Gasteiger partial charge in [0.1, 0.15) is 6.10 Å². The summed E-state index contributed by atoms with van der Waals surface area (Å²) in [7, 11) is 0. The minimum Gasteiger partial charge on any atom is -0.368 e. The van der Waals surface area contributed by atoms with Gasteiger partial charge in [-0.2, -0.15) is 0 Å². The van der Waals surface area contributed by atoms with E-state index in [2.05, 4.69) is 24.5 Å². The quantitative estimate of drug-likeness (QED) is 0.803. The molecular formula is C13H25ClN2O2. The molecule has 1 amide bonds. The van der Waals surface area contributed by atoms with Crippen LogP contribution in [0.2, 0.25) is 0 Å². The van der Waals surface area contributed by atoms with Crippen molar-refractivity contribution in [3.05, 3.63) is 0 Å². The SMILES string of the molecule is CC1CCNC(C)C1NC(=O)C1CCCCO1.Cl. The maximum Gasteiger partial charge on any atom is 0.249 e. The number of hydrogen-bond acceptors (Lipinski definition) is 3. The van der Waals surface area contributed by atoms with Gasteiger partial charge in [-0.15, -0.1) is 12.4 Å². The minimum absolute atomic E-state index is 0. The van der Waals surface area contributed by atoms with Crippen LogP contribution in [0, 0.1) is 5.92 Å². The number of ether oxygens (including phenoxy) is 1. The van der Waals surface area contributed by atoms with Crippen LogP contribution in [0.25, 0.3) is 0 Å². The first-order valence-corrected chi connectivity index (χ1v) is 6.84. The predicted octanol–water partition coefficient (Wildman–Crippen LogP) is 1.48. The lowest BCUT2D eigenvalue weighted by atomic mass is 9.89. The summed E-state index contributed by atoms with van der Waals surface area (Å²) in [5, 5.41) is 6.58. The summed E-state index contributed by atoms with van der Waals surface area (Å²) in [5.74, 6) is 0.621. The summed E-state index contributed by atoms with van der Waals surface area (Å²) in [6.45, 7) is 6.13. The first kappa shape index (κ1) is 15.7. The molecule has 106 valence electrons. The third-order valence-corrected chi connectivity index (χ3v) is 4.00. The van der Waals surface area contributed by atoms with E-state index in [9.17, 15) is 4.79 Å². The fraction of sp³-hybridized carbons (Fsp3) is 0.923. The topological polar surface area (TPSA) is 50.4 Å². The third kappa shape index (κ3) is 3.84. The van der Waals surface area contributed by atoms with Crippen LogP contribution in [0.5, 0.6) is 0 Å². The second-order valence-electron chi connectivity index (χ2n) is 5.40. The summed E-state index contributed by atoms with van der Waals surface area (Å²) in [4.78, 5) is 12.1. The van der Waals surface area contributed by atoms with Gasteiger partial charge in [-0.05, 0) is 45.1 Å². The normalized spacial score (nSPS) is 36.6. The van der Waals surface area contributed by atoms with Crippen molar-refractivity contribution in [1.82, 2.24) is 10.6 Å². The fourth-order valence-electron chi connectivity index (χ4n) is 2.81. The summed E-state index contributed by atoms with van der Waals surface area (Å²) < 4.78 is 5.52. The highest BCUT2D eigenvalue weighted by Crippen LogP contribution is 2.18. The van der Waals surface area contributed by atoms with Crippen molar-refractivity contribution < 1.29 is 9.53 Å². The van der Waals surface area contributed by atoms with Gasteiger partial charge >= 0.3 is 0 Å². The van der Waals surface area contributed by atoms with Gasteiger partial charge < -0.3 is 15.4 Å². The molecule has 4 atom stereocenters. The van der Waals surface area contributed by atoms with E-state index in [0.29, 0.717) is 12.0 Å². The van der Waals surface area contributed by atoms with Gasteiger partial charge in [0.2, 0.25) is 5.91 Å². The monoisotopic (exact) mass is 276 g/mol. The highest BCUT2D eigenvalue weighted by atomic mass is 35.5. The van der Waals surface area contributed by atoms with E-state index >= 15 is 0 Å². The largest absolute Gasteiger partial charge is 0.368 e. The van der Waals surface area contributed by atoms with Gasteiger partial charge in [-0.1, -0.05) is 6.92 Å². The average molecular weight is 277 g/mol. The molecule has 2 rings (SSSR count). The molecular weight excluding hydrogens is 252 g/mol. The molecule has 2 saturated heterocycles. The van der Waals surface area contributed by atoms with E-state index in [0.717, 1.165) is 38.8 Å². The Kier molecular flexibility index (Phi) is 6.39. The third-order valence-electron chi connectivity index (χ3n) is 4.00. The van der Waals surface area contributed by atoms with Crippen LogP contribution in [0.15, 0.2) is 0 Å². The van der Waals surface area contributed by atoms with Gasteiger partial charge in [0.15, 0.2) is 0 Å². The summed E-state index contributed by atoms with van der Waals surface area (Å²) in [5.41, 5.74) is 0. The van der Waals surface area contributed by atoms with E-state index in [1.54, 1.807) is 0 Å². The number of carbonyl (C=O) groups excluding carboxylic acids is 1. The van der Waals surface area contributed by atoms with Gasteiger partial charge in [-0.3, -0.25) is 4.79 Å². The fourth-order valence-corrected chi connectivity index (χ4v) is 2.81. The van der Waals surface area contributed by atoms with Crippen LogP contribution in [0.3, 0.4) is 0 Å². The lowest BCUT2D eigenvalue weighted by molar-refractivity contribution is -0.137. The Hall–Kier alpha value is -0.320. The second-order valence-corrected chi connectivity index (χ2v) is 5.40. The smallest absolute Gasteiger partial charge is 0.249 e. The number of piperidine rings is 1. The van der Waals surface area contributed by atoms with Crippen LogP contribution in [0.4, 0.5) is 0 Å². The Balaban J connectivity index is 0.00000162. The van der Waals surface area contributed by atoms with Crippen molar-refractivity contribution in [1.29, 1.82) is 0 Å². The molecule has 0 aromatic rings. The Morgan fingerprint density at radius 1 is 1.28 bits per heavy atom. The maximum atomic E-state index is 12.1. The average Bonchev–Trinajstić information content (AvgIpc) is 2.35. The highest BCUT2D eigenvalue weighted by molar-refractivity contribution is 5.85. The van der Waals surface area contributed by atoms with Crippen LogP contribution in [-0.2, 0) is 9.53 Å². The van der Waals surface area contributed by atoms with Gasteiger partial charge in [-0.25, -0.2) is 0 Å². The predicted molar refractivity (Wildman–Crippen MR) is 74.0 cm³/mol. The van der Waals surface area contributed by atoms with E-state index < -0.39 is 0 Å². The first-order valence-electron chi connectivity index (χ1n) is 6.84. The molecule has 0 aromatic heterocycles. The van der Waals surface area contributed by atoms with Crippen LogP contribution < -0.4 is 10.6 Å². The zero-order chi connectivity index (χ0) is 12.3. The molecule has 0 radical (unpaired) electrons. The van der Waals surface area contributed by atoms with E-state index in [4.69, 9.17) is 4.74 Å². The molecule has 0 spiro atoms. The Morgan fingerprint density at radius 3 is 2.67 bits per heavy atom. The zero-order valence-electron chi connectivity index (χ0n) is 11.3. The van der Waals surface area contributed by atoms with Crippen LogP contribution in [0.1, 0.15) is 39.5 Å². The zero-order valence-corrected chi connectivity index (χ0v) is 12.1. The molecule has 0 aliphatic carbocycles. The second kappa shape index (κ2) is 7.31. The molecule has 0 bridgehead atoms. The van der Waals surface area contributed by atoms with Crippen molar-refractivity contribution in [2.45, 2.75) is 57.7 Å². The summed E-state index contributed by atoms with van der Waals surface area (Å²) in [6.07, 6.45) is 3.97. The minimum atomic E-state index is -0.218. The van der Waals surface area contributed by atoms with Gasteiger partial charge in [0.05, 0.1) is 0 Å². The highest BCUT2D eigenvalue weighted by Gasteiger charge is 2.31. The molecule has 4 nitrogen and oxygen atoms in total. The van der Waals surface area contributed by atoms with Crippen molar-refractivity contribution in [2.24, 2.45) is 5.92 Å². The molecule has 2 aliphatic heterocycles. The number of carbonyl (C=O) groups is 1. The standard InChI is InChI=1S/C13H24N2O2.ClH/c1-9-6-7-14-10(2)12(9)15-13(16)11-5-3-4-8-17-11;/h9-12,14H,3-8H2,1-2H3,(H,15,16);1H. The maximum absolute atomic E-state index is 12.1. The van der Waals surface area contributed by atoms with E-state index in [1.807, 2.05) is 0 Å². The van der Waals surface area contributed by atoms with Crippen LogP contribution in [-0.4, -0.2) is 37.2 Å². The van der Waals surface area contributed by atoms with Gasteiger partial charge in [0.25, 0.3) is 0 Å². The molecule has 4 unspecified atom stereocenters. The lowest BCUT2D eigenvalue weighted by Crippen LogP contribution is -2.57. The first-order chi connectivity index (χ1) is 8.18. The number of rotatable bonds is 2. The Labute approximate surface area is 116 Å². The Bertz CT molecular complexity index is 260. The van der Waals surface area contributed by atoms with Crippen molar-refractivity contribution in [3.8, 4) is 0 Å². The summed E-state index contributed by atoms with van der Waals surface area (Å²) >= 11 is 0. The molecule has 5 heteroatoms. The molecule has 18 heavy (non-hydrogen) atoms. The molecule has 0 aromatic carbocycles. The summed E-state index contributed by atoms with van der Waals surface area (Å²) in [6, 6.07) is 0.591. The van der Waals surface area contributed by atoms with Crippen molar-refractivity contribution in [2.75, 3.05) is 13.2 Å². The van der Waals surface area contributed by atoms with E-state index in [-0.39, 0.29) is 30.5 Å². The van der Waals surface area contributed by atoms with Crippen LogP contribution >= 0.6 is 12.4 Å². The molecule has 2 fully saturated rings. The van der Waals surface area contributed by atoms with Crippen molar-refractivity contribution in [3.63, 3.8) is 0 Å².